The Bertz CT molecular complexity index is 1060. The third-order valence-corrected chi connectivity index (χ3v) is 9.17. The maximum absolute atomic E-state index is 14.2. The number of epoxide rings is 1. The van der Waals surface area contributed by atoms with E-state index in [1.54, 1.807) is 14.2 Å². The summed E-state index contributed by atoms with van der Waals surface area (Å²) in [4.78, 5) is 32.0. The normalized spacial score (nSPS) is 43.6. The smallest absolute Gasteiger partial charge is 0.230 e. The van der Waals surface area contributed by atoms with Crippen LogP contribution >= 0.6 is 0 Å². The topological polar surface area (TPSA) is 80.8 Å². The number of Topliss-reactive ketones (excluding diaryl/α,β-unsaturated/α-hetero) is 1. The summed E-state index contributed by atoms with van der Waals surface area (Å²) in [5, 5.41) is 0. The van der Waals surface area contributed by atoms with Crippen LogP contribution in [0.25, 0.3) is 0 Å². The Kier molecular flexibility index (Phi) is 3.65. The van der Waals surface area contributed by atoms with E-state index in [0.717, 1.165) is 18.7 Å². The lowest BCUT2D eigenvalue weighted by Crippen LogP contribution is -2.67. The number of ether oxygens (including phenoxy) is 4. The molecule has 1 aliphatic carbocycles. The van der Waals surface area contributed by atoms with Gasteiger partial charge in [-0.15, -0.1) is 0 Å². The van der Waals surface area contributed by atoms with Gasteiger partial charge in [0, 0.05) is 24.8 Å². The fourth-order valence-corrected chi connectivity index (χ4v) is 7.89. The second-order valence-corrected chi connectivity index (χ2v) is 10.3. The third-order valence-electron chi connectivity index (χ3n) is 9.17. The molecular formula is C24H28N2O6. The van der Waals surface area contributed by atoms with E-state index < -0.39 is 5.41 Å². The minimum absolute atomic E-state index is 0.000843. The zero-order valence-corrected chi connectivity index (χ0v) is 18.6. The van der Waals surface area contributed by atoms with Crippen LogP contribution in [0, 0.1) is 11.8 Å². The van der Waals surface area contributed by atoms with Crippen molar-refractivity contribution in [2.45, 2.75) is 48.5 Å². The number of hydrogen-bond donors (Lipinski definition) is 0. The predicted molar refractivity (Wildman–Crippen MR) is 113 cm³/mol. The number of likely N-dealkylation sites (N-methyl/N-ethyl adjacent to an activating group) is 1. The first-order chi connectivity index (χ1) is 15.5. The number of fused-ring (bicyclic) bond motifs is 6. The standard InChI is InChI=1S/C24H28N2O6/c1-25-7-6-23-12-4-5-14(29-2)21(30-3)20(12)26-18(28)9-15-19(22(23)26)13(8-16(23)27)24(11-25)17(32-24)10-31-15/h4-5,13,15,17,19,22H,6-11H2,1-3H3/t13-,15+,17-,19+,22+,23-,24+/m1/s1. The van der Waals surface area contributed by atoms with E-state index in [9.17, 15) is 9.59 Å². The van der Waals surface area contributed by atoms with Crippen molar-refractivity contribution in [1.29, 1.82) is 0 Å². The molecule has 32 heavy (non-hydrogen) atoms. The molecule has 8 nitrogen and oxygen atoms in total. The first-order valence-electron chi connectivity index (χ1n) is 11.5. The highest BCUT2D eigenvalue weighted by Crippen LogP contribution is 2.66. The van der Waals surface area contributed by atoms with E-state index in [1.165, 1.54) is 0 Å². The summed E-state index contributed by atoms with van der Waals surface area (Å²) in [5.41, 5.74) is 0.495. The predicted octanol–water partition coefficient (Wildman–Crippen LogP) is 1.14. The van der Waals surface area contributed by atoms with E-state index in [4.69, 9.17) is 18.9 Å². The van der Waals surface area contributed by atoms with Gasteiger partial charge in [-0.25, -0.2) is 0 Å². The Balaban J connectivity index is 1.53. The van der Waals surface area contributed by atoms with Gasteiger partial charge in [0.15, 0.2) is 11.5 Å². The second kappa shape index (κ2) is 6.04. The summed E-state index contributed by atoms with van der Waals surface area (Å²) >= 11 is 0. The number of nitrogens with zero attached hydrogens (tertiary/aromatic N) is 2. The highest BCUT2D eigenvalue weighted by Gasteiger charge is 2.76. The lowest BCUT2D eigenvalue weighted by Gasteiger charge is -2.53. The molecule has 0 radical (unpaired) electrons. The van der Waals surface area contributed by atoms with Gasteiger partial charge in [-0.2, -0.15) is 0 Å². The molecule has 1 saturated carbocycles. The molecule has 0 unspecified atom stereocenters. The minimum atomic E-state index is -0.762. The first-order valence-corrected chi connectivity index (χ1v) is 11.5. The molecule has 1 amide bonds. The van der Waals surface area contributed by atoms with Crippen molar-refractivity contribution >= 4 is 17.4 Å². The lowest BCUT2D eigenvalue weighted by atomic mass is 9.54. The maximum Gasteiger partial charge on any atom is 0.230 e. The van der Waals surface area contributed by atoms with Gasteiger partial charge in [0.1, 0.15) is 17.5 Å². The van der Waals surface area contributed by atoms with Gasteiger partial charge >= 0.3 is 0 Å². The third kappa shape index (κ3) is 2.01. The van der Waals surface area contributed by atoms with Crippen molar-refractivity contribution in [2.24, 2.45) is 11.8 Å². The van der Waals surface area contributed by atoms with Gasteiger partial charge in [-0.05, 0) is 31.6 Å². The summed E-state index contributed by atoms with van der Waals surface area (Å²) in [7, 11) is 5.30. The van der Waals surface area contributed by atoms with Crippen LogP contribution in [0.4, 0.5) is 5.69 Å². The molecule has 6 aliphatic heterocycles. The minimum Gasteiger partial charge on any atom is -0.493 e. The second-order valence-electron chi connectivity index (χ2n) is 10.3. The van der Waals surface area contributed by atoms with Crippen molar-refractivity contribution in [2.75, 3.05) is 45.9 Å². The summed E-state index contributed by atoms with van der Waals surface area (Å²) < 4.78 is 24.0. The van der Waals surface area contributed by atoms with Crippen LogP contribution in [0.1, 0.15) is 24.8 Å². The molecule has 0 N–H and O–H groups in total. The van der Waals surface area contributed by atoms with E-state index in [1.807, 2.05) is 17.0 Å². The van der Waals surface area contributed by atoms with Crippen LogP contribution in [0.2, 0.25) is 0 Å². The average Bonchev–Trinajstić information content (AvgIpc) is 3.39. The monoisotopic (exact) mass is 440 g/mol. The Morgan fingerprint density at radius 3 is 2.78 bits per heavy atom. The van der Waals surface area contributed by atoms with E-state index in [2.05, 4.69) is 11.9 Å². The van der Waals surface area contributed by atoms with Crippen molar-refractivity contribution < 1.29 is 28.5 Å². The summed E-state index contributed by atoms with van der Waals surface area (Å²) in [6.45, 7) is 2.06. The molecule has 1 aromatic carbocycles. The Labute approximate surface area is 186 Å². The van der Waals surface area contributed by atoms with Crippen LogP contribution in [-0.4, -0.2) is 81.4 Å². The van der Waals surface area contributed by atoms with Gasteiger partial charge in [0.2, 0.25) is 5.91 Å². The van der Waals surface area contributed by atoms with Gasteiger partial charge < -0.3 is 28.7 Å². The Morgan fingerprint density at radius 2 is 2.00 bits per heavy atom. The van der Waals surface area contributed by atoms with E-state index in [-0.39, 0.29) is 47.4 Å². The quantitative estimate of drug-likeness (QED) is 0.638. The fraction of sp³-hybridized carbons (Fsp3) is 0.667. The zero-order chi connectivity index (χ0) is 22.0. The number of rotatable bonds is 2. The summed E-state index contributed by atoms with van der Waals surface area (Å²) in [6, 6.07) is 3.58. The SMILES string of the molecule is COc1ccc2c(c1OC)N1C(=O)C[C@@H]3OC[C@H]4O[C@]45CN(C)CC[C@]24C(=O)C[C@@H]5[C@@H]3[C@H]14. The Morgan fingerprint density at radius 1 is 1.16 bits per heavy atom. The molecule has 170 valence electrons. The number of amides is 1. The van der Waals surface area contributed by atoms with Crippen molar-refractivity contribution in [3.8, 4) is 11.5 Å². The number of benzene rings is 1. The summed E-state index contributed by atoms with van der Waals surface area (Å²) in [5.74, 6) is 1.42. The van der Waals surface area contributed by atoms with Crippen LogP contribution in [0.3, 0.4) is 0 Å². The molecule has 5 saturated heterocycles. The molecule has 7 atom stereocenters. The molecule has 7 aliphatic rings. The number of hydrogen-bond acceptors (Lipinski definition) is 7. The zero-order valence-electron chi connectivity index (χ0n) is 18.6. The average molecular weight is 440 g/mol. The number of methoxy groups -OCH3 is 2. The molecule has 0 aromatic heterocycles. The molecule has 1 aromatic rings. The number of carbonyl (C=O) groups is 2. The van der Waals surface area contributed by atoms with E-state index in [0.29, 0.717) is 43.1 Å². The lowest BCUT2D eigenvalue weighted by molar-refractivity contribution is -0.144. The number of piperidine rings is 1. The molecule has 2 spiro atoms. The highest BCUT2D eigenvalue weighted by molar-refractivity contribution is 6.08. The van der Waals surface area contributed by atoms with Crippen LogP contribution in [-0.2, 0) is 24.5 Å². The van der Waals surface area contributed by atoms with E-state index >= 15 is 0 Å². The van der Waals surface area contributed by atoms with Crippen LogP contribution in [0.5, 0.6) is 11.5 Å². The van der Waals surface area contributed by atoms with Gasteiger partial charge in [-0.3, -0.25) is 9.59 Å². The number of ketones is 1. The molecular weight excluding hydrogens is 412 g/mol. The number of carbonyl (C=O) groups excluding carboxylic acids is 2. The highest BCUT2D eigenvalue weighted by atomic mass is 16.6. The fourth-order valence-electron chi connectivity index (χ4n) is 7.89. The van der Waals surface area contributed by atoms with Crippen LogP contribution < -0.4 is 14.4 Å². The molecule has 6 fully saturated rings. The molecule has 6 heterocycles. The maximum atomic E-state index is 14.2. The van der Waals surface area contributed by atoms with Gasteiger partial charge in [-0.1, -0.05) is 6.07 Å². The molecule has 8 heteroatoms. The molecule has 4 bridgehead atoms. The summed E-state index contributed by atoms with van der Waals surface area (Å²) in [6.07, 6.45) is 1.28. The van der Waals surface area contributed by atoms with Crippen molar-refractivity contribution in [3.05, 3.63) is 17.7 Å². The van der Waals surface area contributed by atoms with Gasteiger partial charge in [0.25, 0.3) is 0 Å². The Hall–Kier alpha value is -2.16. The van der Waals surface area contributed by atoms with Crippen LogP contribution in [0.15, 0.2) is 12.1 Å². The molecule has 8 rings (SSSR count). The van der Waals surface area contributed by atoms with Crippen molar-refractivity contribution in [3.63, 3.8) is 0 Å². The van der Waals surface area contributed by atoms with Crippen molar-refractivity contribution in [1.82, 2.24) is 4.90 Å². The first kappa shape index (κ1) is 19.3. The number of anilines is 1. The van der Waals surface area contributed by atoms with Gasteiger partial charge in [0.05, 0.1) is 50.5 Å². The largest absolute Gasteiger partial charge is 0.493 e.